The van der Waals surface area contributed by atoms with E-state index in [0.717, 1.165) is 53.4 Å². The molecule has 0 amide bonds. The number of halogens is 1. The van der Waals surface area contributed by atoms with Crippen LogP contribution in [0.15, 0.2) is 66.7 Å². The molecule has 0 aliphatic carbocycles. The lowest BCUT2D eigenvalue weighted by molar-refractivity contribution is 0.0668. The Balaban J connectivity index is 0.000000179. The lowest BCUT2D eigenvalue weighted by Crippen LogP contribution is -2.49. The van der Waals surface area contributed by atoms with Gasteiger partial charge in [0.05, 0.1) is 13.8 Å². The van der Waals surface area contributed by atoms with Crippen LogP contribution >= 0.6 is 0 Å². The number of alkyl halides is 1. The fraction of sp³-hybridized carbons (Fsp3) is 0.310. The molecule has 1 fully saturated rings. The van der Waals surface area contributed by atoms with Crippen molar-refractivity contribution in [1.82, 2.24) is 4.90 Å². The molecule has 0 aromatic heterocycles. The maximum atomic E-state index is 12.1. The number of hydrogen-bond donors (Lipinski definition) is 2. The lowest BCUT2D eigenvalue weighted by atomic mass is 9.93. The van der Waals surface area contributed by atoms with E-state index in [1.54, 1.807) is 30.3 Å². The molecule has 2 heterocycles. The quantitative estimate of drug-likeness (QED) is 0.460. The Kier molecular flexibility index (Phi) is 8.33. The molecule has 3 aromatic rings. The number of rotatable bonds is 7. The minimum Gasteiger partial charge on any atom is -0.508 e. The van der Waals surface area contributed by atoms with Gasteiger partial charge in [0.25, 0.3) is 0 Å². The molecule has 2 N–H and O–H groups in total. The second-order valence-electron chi connectivity index (χ2n) is 8.90. The normalized spacial score (nSPS) is 15.2. The summed E-state index contributed by atoms with van der Waals surface area (Å²) >= 11 is 0. The van der Waals surface area contributed by atoms with Crippen molar-refractivity contribution in [3.8, 4) is 28.7 Å². The minimum atomic E-state index is -0.184. The van der Waals surface area contributed by atoms with Gasteiger partial charge in [-0.05, 0) is 60.5 Å². The number of phenols is 2. The summed E-state index contributed by atoms with van der Waals surface area (Å²) in [4.78, 5) is 2.22. The number of allylic oxidation sites excluding steroid dienone is 1. The van der Waals surface area contributed by atoms with Gasteiger partial charge in [-0.3, -0.25) is 9.29 Å². The highest BCUT2D eigenvalue weighted by molar-refractivity contribution is 5.94. The average Bonchev–Trinajstić information content (AvgIpc) is 2.87. The Hall–Kier alpha value is -3.71. The fourth-order valence-electron chi connectivity index (χ4n) is 4.30. The van der Waals surface area contributed by atoms with Gasteiger partial charge in [0, 0.05) is 36.7 Å². The van der Waals surface area contributed by atoms with Crippen molar-refractivity contribution in [2.75, 3.05) is 46.6 Å². The summed E-state index contributed by atoms with van der Waals surface area (Å²) in [6.45, 7) is 5.57. The van der Waals surface area contributed by atoms with Crippen molar-refractivity contribution >= 4 is 11.1 Å². The molecule has 0 bridgehead atoms. The van der Waals surface area contributed by atoms with Gasteiger partial charge in [-0.2, -0.15) is 0 Å². The number of fused-ring (bicyclic) bond motifs is 1. The highest BCUT2D eigenvalue weighted by Crippen LogP contribution is 2.40. The van der Waals surface area contributed by atoms with Crippen LogP contribution in [0.1, 0.15) is 18.1 Å². The van der Waals surface area contributed by atoms with E-state index >= 15 is 0 Å². The lowest BCUT2D eigenvalue weighted by Gasteiger charge is -2.37. The zero-order valence-corrected chi connectivity index (χ0v) is 20.6. The van der Waals surface area contributed by atoms with Crippen LogP contribution in [0.25, 0.3) is 11.1 Å². The number of phenolic OH excluding ortho intramolecular Hbond substituents is 2. The molecule has 3 aromatic carbocycles. The van der Waals surface area contributed by atoms with Gasteiger partial charge in [-0.1, -0.05) is 24.3 Å². The second-order valence-corrected chi connectivity index (χ2v) is 8.90. The molecular weight excluding hydrogens is 461 g/mol. The van der Waals surface area contributed by atoms with Crippen molar-refractivity contribution in [1.29, 1.82) is 0 Å². The van der Waals surface area contributed by atoms with Crippen molar-refractivity contribution in [3.05, 3.63) is 77.9 Å². The molecule has 1 saturated heterocycles. The van der Waals surface area contributed by atoms with E-state index in [0.29, 0.717) is 19.0 Å². The molecule has 6 nitrogen and oxygen atoms in total. The van der Waals surface area contributed by atoms with Crippen molar-refractivity contribution in [2.45, 2.75) is 6.92 Å². The third-order valence-electron chi connectivity index (χ3n) is 6.39. The maximum absolute atomic E-state index is 12.1. The van der Waals surface area contributed by atoms with Crippen molar-refractivity contribution < 1.29 is 28.8 Å². The number of likely N-dealkylation sites (tertiary alicyclic amines) is 1. The number of hydrogen-bond acceptors (Lipinski definition) is 6. The van der Waals surface area contributed by atoms with E-state index in [-0.39, 0.29) is 24.1 Å². The first-order valence-electron chi connectivity index (χ1n) is 12.0. The highest BCUT2D eigenvalue weighted by atomic mass is 19.1. The van der Waals surface area contributed by atoms with Crippen LogP contribution in [0.2, 0.25) is 0 Å². The van der Waals surface area contributed by atoms with Crippen molar-refractivity contribution in [2.24, 2.45) is 5.92 Å². The summed E-state index contributed by atoms with van der Waals surface area (Å²) in [5.74, 6) is 2.66. The van der Waals surface area contributed by atoms with Gasteiger partial charge in [0.15, 0.2) is 11.5 Å². The first-order valence-corrected chi connectivity index (χ1v) is 12.0. The molecule has 0 unspecified atom stereocenters. The number of nitrogens with zero attached hydrogens (tertiary/aromatic N) is 1. The van der Waals surface area contributed by atoms with Gasteiger partial charge < -0.3 is 24.4 Å². The number of ether oxygens (including phenoxy) is 3. The Morgan fingerprint density at radius 2 is 1.81 bits per heavy atom. The van der Waals surface area contributed by atoms with E-state index in [2.05, 4.69) is 4.90 Å². The van der Waals surface area contributed by atoms with Crippen LogP contribution in [0.3, 0.4) is 0 Å². The first kappa shape index (κ1) is 25.4. The minimum absolute atomic E-state index is 0.0944. The van der Waals surface area contributed by atoms with Gasteiger partial charge in [-0.25, -0.2) is 0 Å². The maximum Gasteiger partial charge on any atom is 0.160 e. The molecule has 0 atom stereocenters. The van der Waals surface area contributed by atoms with Gasteiger partial charge in [0.2, 0.25) is 0 Å². The molecular formula is C29H32FNO5. The summed E-state index contributed by atoms with van der Waals surface area (Å²) in [7, 11) is 1.52. The molecule has 0 radical (unpaired) electrons. The van der Waals surface area contributed by atoms with E-state index in [1.807, 2.05) is 43.3 Å². The zero-order chi connectivity index (χ0) is 25.5. The SMILES string of the molecule is COc1ccc(C2=C(C)c3cc(O)ccc3OC2)cc1O.FCC1CN(CCOc2ccccc2)C1. The monoisotopic (exact) mass is 493 g/mol. The number of benzene rings is 3. The molecule has 190 valence electrons. The second kappa shape index (κ2) is 11.8. The molecule has 0 saturated carbocycles. The third kappa shape index (κ3) is 6.10. The first-order chi connectivity index (χ1) is 17.5. The van der Waals surface area contributed by atoms with Gasteiger partial charge in [0.1, 0.15) is 30.5 Å². The predicted octanol–water partition coefficient (Wildman–Crippen LogP) is 5.40. The van der Waals surface area contributed by atoms with Crippen LogP contribution in [0, 0.1) is 5.92 Å². The highest BCUT2D eigenvalue weighted by Gasteiger charge is 2.25. The Bertz CT molecular complexity index is 1190. The largest absolute Gasteiger partial charge is 0.508 e. The Labute approximate surface area is 211 Å². The predicted molar refractivity (Wildman–Crippen MR) is 139 cm³/mol. The topological polar surface area (TPSA) is 71.4 Å². The number of para-hydroxylation sites is 1. The molecule has 2 aliphatic rings. The van der Waals surface area contributed by atoms with Crippen molar-refractivity contribution in [3.63, 3.8) is 0 Å². The summed E-state index contributed by atoms with van der Waals surface area (Å²) < 4.78 is 28.5. The molecule has 2 aliphatic heterocycles. The van der Waals surface area contributed by atoms with E-state index < -0.39 is 0 Å². The van der Waals surface area contributed by atoms with Crippen LogP contribution < -0.4 is 14.2 Å². The number of aromatic hydroxyl groups is 2. The smallest absolute Gasteiger partial charge is 0.160 e. The molecule has 5 rings (SSSR count). The summed E-state index contributed by atoms with van der Waals surface area (Å²) in [6.07, 6.45) is 0. The van der Waals surface area contributed by atoms with Gasteiger partial charge in [-0.15, -0.1) is 0 Å². The third-order valence-corrected chi connectivity index (χ3v) is 6.39. The van der Waals surface area contributed by atoms with Crippen LogP contribution in [0.5, 0.6) is 28.7 Å². The van der Waals surface area contributed by atoms with Crippen LogP contribution in [0.4, 0.5) is 4.39 Å². The zero-order valence-electron chi connectivity index (χ0n) is 20.6. The van der Waals surface area contributed by atoms with E-state index in [4.69, 9.17) is 14.2 Å². The van der Waals surface area contributed by atoms with E-state index in [1.165, 1.54) is 7.11 Å². The van der Waals surface area contributed by atoms with Crippen LogP contribution in [-0.4, -0.2) is 61.7 Å². The average molecular weight is 494 g/mol. The van der Waals surface area contributed by atoms with E-state index in [9.17, 15) is 14.6 Å². The van der Waals surface area contributed by atoms with Gasteiger partial charge >= 0.3 is 0 Å². The summed E-state index contributed by atoms with van der Waals surface area (Å²) in [5, 5.41) is 19.6. The Morgan fingerprint density at radius 1 is 1.03 bits per heavy atom. The summed E-state index contributed by atoms with van der Waals surface area (Å²) in [5.41, 5.74) is 3.74. The standard InChI is InChI=1S/C17H16O4.C12H16FNO/c1-10-13-8-12(18)4-6-16(13)21-9-14(10)11-3-5-17(20-2)15(19)7-11;13-8-11-9-14(10-11)6-7-15-12-4-2-1-3-5-12/h3-8,18-19H,9H2,1-2H3;1-5,11H,6-10H2. The molecule has 7 heteroatoms. The fourth-order valence-corrected chi connectivity index (χ4v) is 4.30. The molecule has 36 heavy (non-hydrogen) atoms. The number of methoxy groups -OCH3 is 1. The summed E-state index contributed by atoms with van der Waals surface area (Å²) in [6, 6.07) is 20.1. The Morgan fingerprint density at radius 3 is 2.50 bits per heavy atom. The van der Waals surface area contributed by atoms with Crippen LogP contribution in [-0.2, 0) is 0 Å². The molecule has 0 spiro atoms.